The topological polar surface area (TPSA) is 194 Å². The third-order valence-electron chi connectivity index (χ3n) is 7.04. The largest absolute Gasteiger partial charge is 0.422 e. The number of rotatable bonds is 13. The van der Waals surface area contributed by atoms with Crippen LogP contribution >= 0.6 is 0 Å². The van der Waals surface area contributed by atoms with Gasteiger partial charge in [-0.05, 0) is 49.9 Å². The highest BCUT2D eigenvalue weighted by Crippen LogP contribution is 2.13. The molecule has 4 rings (SSSR count). The van der Waals surface area contributed by atoms with E-state index in [1.165, 1.54) is 0 Å². The van der Waals surface area contributed by atoms with Crippen molar-refractivity contribution < 1.29 is 18.8 Å². The van der Waals surface area contributed by atoms with Crippen LogP contribution in [0, 0.1) is 0 Å². The second-order valence-corrected chi connectivity index (χ2v) is 10.2. The van der Waals surface area contributed by atoms with Gasteiger partial charge in [0.15, 0.2) is 5.96 Å². The Morgan fingerprint density at radius 2 is 1.76 bits per heavy atom. The van der Waals surface area contributed by atoms with Crippen molar-refractivity contribution in [3.05, 3.63) is 82.2 Å². The average molecular weight is 576 g/mol. The number of nitrogens with zero attached hydrogens (tertiary/aromatic N) is 1. The highest BCUT2D eigenvalue weighted by molar-refractivity contribution is 5.93. The number of fused-ring (bicyclic) bond motifs is 1. The zero-order chi connectivity index (χ0) is 29.9. The first-order valence-electron chi connectivity index (χ1n) is 14.0. The highest BCUT2D eigenvalue weighted by atomic mass is 16.4. The Morgan fingerprint density at radius 3 is 2.50 bits per heavy atom. The van der Waals surface area contributed by atoms with Crippen molar-refractivity contribution in [2.75, 3.05) is 13.1 Å². The van der Waals surface area contributed by atoms with Gasteiger partial charge >= 0.3 is 5.63 Å². The molecule has 1 aromatic heterocycles. The molecule has 0 spiro atoms. The first-order valence-corrected chi connectivity index (χ1v) is 14.0. The van der Waals surface area contributed by atoms with E-state index in [1.807, 2.05) is 36.4 Å². The normalized spacial score (nSPS) is 15.9. The molecule has 1 saturated heterocycles. The Bertz CT molecular complexity index is 1460. The fourth-order valence-corrected chi connectivity index (χ4v) is 4.82. The van der Waals surface area contributed by atoms with Crippen LogP contribution in [0.25, 0.3) is 11.0 Å². The molecule has 1 fully saturated rings. The SMILES string of the molecule is NC(N)=NCCC[C@H](NC(=O)[C@H](Cc1ccccc1)NC(=O)[C@@H]1CCCN1)C(=O)NCc1cc2ccccc2oc1=O. The summed E-state index contributed by atoms with van der Waals surface area (Å²) in [4.78, 5) is 56.2. The molecule has 8 N–H and O–H groups in total. The smallest absolute Gasteiger partial charge is 0.341 e. The molecule has 0 radical (unpaired) electrons. The van der Waals surface area contributed by atoms with E-state index in [2.05, 4.69) is 26.3 Å². The number of nitrogens with one attached hydrogen (secondary N) is 4. The lowest BCUT2D eigenvalue weighted by molar-refractivity contribution is -0.132. The van der Waals surface area contributed by atoms with Crippen LogP contribution in [-0.2, 0) is 27.3 Å². The molecular formula is C30H37N7O5. The van der Waals surface area contributed by atoms with Gasteiger partial charge in [-0.1, -0.05) is 48.5 Å². The van der Waals surface area contributed by atoms with Gasteiger partial charge < -0.3 is 37.2 Å². The standard InChI is InChI=1S/C30H37N7O5/c31-30(32)34-15-7-12-23(26(38)35-18-21-17-20-10-4-5-13-25(20)42-29(21)41)36-28(40)24(16-19-8-2-1-3-9-19)37-27(39)22-11-6-14-33-22/h1-5,8-10,13,17,22-24,33H,6-7,11-12,14-16,18H2,(H,35,38)(H,36,40)(H,37,39)(H4,31,32,34)/t22-,23-,24-/m0/s1. The van der Waals surface area contributed by atoms with Crippen LogP contribution in [0.1, 0.15) is 36.8 Å². The van der Waals surface area contributed by atoms with Crippen LogP contribution in [-0.4, -0.2) is 54.9 Å². The molecule has 12 nitrogen and oxygen atoms in total. The second kappa shape index (κ2) is 14.8. The summed E-state index contributed by atoms with van der Waals surface area (Å²) in [6, 6.07) is 15.8. The van der Waals surface area contributed by atoms with E-state index >= 15 is 0 Å². The fourth-order valence-electron chi connectivity index (χ4n) is 4.82. The average Bonchev–Trinajstić information content (AvgIpc) is 3.53. The number of hydrogen-bond donors (Lipinski definition) is 6. The summed E-state index contributed by atoms with van der Waals surface area (Å²) in [6.45, 7) is 0.902. The number of carbonyl (C=O) groups excluding carboxylic acids is 3. The number of guanidine groups is 1. The van der Waals surface area contributed by atoms with Crippen molar-refractivity contribution in [1.82, 2.24) is 21.3 Å². The van der Waals surface area contributed by atoms with E-state index < -0.39 is 29.5 Å². The summed E-state index contributed by atoms with van der Waals surface area (Å²) in [7, 11) is 0. The van der Waals surface area contributed by atoms with Gasteiger partial charge in [0.25, 0.3) is 0 Å². The van der Waals surface area contributed by atoms with Crippen molar-refractivity contribution in [2.45, 2.75) is 56.8 Å². The van der Waals surface area contributed by atoms with Gasteiger partial charge in [0.05, 0.1) is 18.2 Å². The summed E-state index contributed by atoms with van der Waals surface area (Å²) in [5, 5.41) is 12.3. The quantitative estimate of drug-likeness (QED) is 0.0730. The van der Waals surface area contributed by atoms with Crippen LogP contribution < -0.4 is 38.4 Å². The Balaban J connectivity index is 1.48. The lowest BCUT2D eigenvalue weighted by atomic mass is 10.0. The minimum atomic E-state index is -0.973. The Kier molecular flexibility index (Phi) is 10.6. The molecule has 222 valence electrons. The second-order valence-electron chi connectivity index (χ2n) is 10.2. The maximum absolute atomic E-state index is 13.6. The van der Waals surface area contributed by atoms with E-state index in [0.717, 1.165) is 23.9 Å². The molecule has 3 atom stereocenters. The van der Waals surface area contributed by atoms with Crippen molar-refractivity contribution in [3.63, 3.8) is 0 Å². The van der Waals surface area contributed by atoms with Crippen molar-refractivity contribution in [2.24, 2.45) is 16.5 Å². The third-order valence-corrected chi connectivity index (χ3v) is 7.04. The fraction of sp³-hybridized carbons (Fsp3) is 0.367. The molecule has 0 saturated carbocycles. The minimum Gasteiger partial charge on any atom is -0.422 e. The maximum Gasteiger partial charge on any atom is 0.341 e. The van der Waals surface area contributed by atoms with Crippen LogP contribution in [0.15, 0.2) is 74.9 Å². The zero-order valence-corrected chi connectivity index (χ0v) is 23.3. The van der Waals surface area contributed by atoms with Gasteiger partial charge in [-0.15, -0.1) is 0 Å². The molecule has 0 aliphatic carbocycles. The summed E-state index contributed by atoms with van der Waals surface area (Å²) in [6.07, 6.45) is 2.42. The molecule has 1 aliphatic rings. The molecule has 2 aromatic carbocycles. The van der Waals surface area contributed by atoms with E-state index in [1.54, 1.807) is 24.3 Å². The first-order chi connectivity index (χ1) is 20.3. The lowest BCUT2D eigenvalue weighted by Crippen LogP contribution is -2.56. The zero-order valence-electron chi connectivity index (χ0n) is 23.3. The lowest BCUT2D eigenvalue weighted by Gasteiger charge is -2.24. The van der Waals surface area contributed by atoms with Crippen LogP contribution in [0.5, 0.6) is 0 Å². The van der Waals surface area contributed by atoms with Gasteiger partial charge in [-0.25, -0.2) is 4.79 Å². The molecule has 3 amide bonds. The highest BCUT2D eigenvalue weighted by Gasteiger charge is 2.30. The van der Waals surface area contributed by atoms with Gasteiger partial charge in [-0.3, -0.25) is 19.4 Å². The molecule has 2 heterocycles. The number of benzene rings is 2. The molecule has 0 bridgehead atoms. The monoisotopic (exact) mass is 575 g/mol. The maximum atomic E-state index is 13.6. The number of carbonyl (C=O) groups is 3. The third kappa shape index (κ3) is 8.64. The minimum absolute atomic E-state index is 0.0748. The van der Waals surface area contributed by atoms with Crippen LogP contribution in [0.3, 0.4) is 0 Å². The van der Waals surface area contributed by atoms with Crippen molar-refractivity contribution >= 4 is 34.7 Å². The van der Waals surface area contributed by atoms with E-state index in [4.69, 9.17) is 15.9 Å². The Hall–Kier alpha value is -4.71. The number of amides is 3. The Labute approximate surface area is 243 Å². The number of nitrogens with two attached hydrogens (primary N) is 2. The summed E-state index contributed by atoms with van der Waals surface area (Å²) in [5.74, 6) is -1.34. The van der Waals surface area contributed by atoms with Gasteiger partial charge in [0, 0.05) is 18.4 Å². The first kappa shape index (κ1) is 30.3. The van der Waals surface area contributed by atoms with Gasteiger partial charge in [-0.2, -0.15) is 0 Å². The molecular weight excluding hydrogens is 538 g/mol. The molecule has 12 heteroatoms. The van der Waals surface area contributed by atoms with Gasteiger partial charge in [0.2, 0.25) is 17.7 Å². The predicted molar refractivity (Wildman–Crippen MR) is 159 cm³/mol. The number of para-hydroxylation sites is 1. The van der Waals surface area contributed by atoms with Crippen molar-refractivity contribution in [3.8, 4) is 0 Å². The number of aliphatic imine (C=N–C) groups is 1. The van der Waals surface area contributed by atoms with E-state index in [0.29, 0.717) is 18.4 Å². The molecule has 42 heavy (non-hydrogen) atoms. The van der Waals surface area contributed by atoms with E-state index in [-0.39, 0.29) is 49.4 Å². The van der Waals surface area contributed by atoms with Crippen LogP contribution in [0.2, 0.25) is 0 Å². The molecule has 1 aliphatic heterocycles. The Morgan fingerprint density at radius 1 is 1.00 bits per heavy atom. The molecule has 0 unspecified atom stereocenters. The summed E-state index contributed by atoms with van der Waals surface area (Å²) < 4.78 is 5.36. The van der Waals surface area contributed by atoms with Crippen molar-refractivity contribution in [1.29, 1.82) is 0 Å². The van der Waals surface area contributed by atoms with Crippen LogP contribution in [0.4, 0.5) is 0 Å². The number of hydrogen-bond acceptors (Lipinski definition) is 7. The predicted octanol–water partition coefficient (Wildman–Crippen LogP) is 0.427. The summed E-state index contributed by atoms with van der Waals surface area (Å²) in [5.41, 5.74) is 11.9. The van der Waals surface area contributed by atoms with E-state index in [9.17, 15) is 19.2 Å². The molecule has 3 aromatic rings. The summed E-state index contributed by atoms with van der Waals surface area (Å²) >= 11 is 0. The van der Waals surface area contributed by atoms with Gasteiger partial charge in [0.1, 0.15) is 17.7 Å².